The molecule has 1 aromatic carbocycles. The Kier molecular flexibility index (Phi) is 4.75. The Morgan fingerprint density at radius 1 is 1.37 bits per heavy atom. The molecule has 0 saturated carbocycles. The lowest BCUT2D eigenvalue weighted by molar-refractivity contribution is 0.102. The SMILES string of the molecule is Cc1cc(C(=O)Nc2cc(I)ccc2Br)nc(Cl)n1. The first kappa shape index (κ1) is 14.7. The summed E-state index contributed by atoms with van der Waals surface area (Å²) in [5.74, 6) is -0.324. The first-order valence-electron chi connectivity index (χ1n) is 5.23. The molecular formula is C12H8BrClIN3O. The minimum atomic E-state index is -0.324. The van der Waals surface area contributed by atoms with Crippen molar-refractivity contribution in [2.75, 3.05) is 5.32 Å². The Morgan fingerprint density at radius 2 is 2.11 bits per heavy atom. The smallest absolute Gasteiger partial charge is 0.274 e. The normalized spacial score (nSPS) is 10.3. The van der Waals surface area contributed by atoms with E-state index in [0.717, 1.165) is 8.04 Å². The van der Waals surface area contributed by atoms with Crippen LogP contribution in [-0.2, 0) is 0 Å². The summed E-state index contributed by atoms with van der Waals surface area (Å²) >= 11 is 11.3. The van der Waals surface area contributed by atoms with Crippen LogP contribution in [0.1, 0.15) is 16.2 Å². The van der Waals surface area contributed by atoms with E-state index in [9.17, 15) is 4.79 Å². The van der Waals surface area contributed by atoms with E-state index < -0.39 is 0 Å². The maximum atomic E-state index is 12.1. The van der Waals surface area contributed by atoms with Gasteiger partial charge in [0.25, 0.3) is 5.91 Å². The van der Waals surface area contributed by atoms with Gasteiger partial charge in [-0.3, -0.25) is 4.79 Å². The number of rotatable bonds is 2. The van der Waals surface area contributed by atoms with Gasteiger partial charge < -0.3 is 5.32 Å². The van der Waals surface area contributed by atoms with E-state index in [0.29, 0.717) is 11.4 Å². The number of anilines is 1. The van der Waals surface area contributed by atoms with Gasteiger partial charge in [-0.05, 0) is 81.3 Å². The van der Waals surface area contributed by atoms with Gasteiger partial charge in [-0.25, -0.2) is 9.97 Å². The monoisotopic (exact) mass is 451 g/mol. The maximum Gasteiger partial charge on any atom is 0.274 e. The third kappa shape index (κ3) is 3.87. The molecule has 98 valence electrons. The van der Waals surface area contributed by atoms with E-state index in [1.54, 1.807) is 13.0 Å². The van der Waals surface area contributed by atoms with Crippen LogP contribution in [0.15, 0.2) is 28.7 Å². The van der Waals surface area contributed by atoms with Crippen molar-refractivity contribution < 1.29 is 4.79 Å². The van der Waals surface area contributed by atoms with Crippen molar-refractivity contribution in [2.45, 2.75) is 6.92 Å². The minimum absolute atomic E-state index is 0.0619. The zero-order valence-electron chi connectivity index (χ0n) is 9.75. The highest BCUT2D eigenvalue weighted by molar-refractivity contribution is 14.1. The highest BCUT2D eigenvalue weighted by Gasteiger charge is 2.12. The van der Waals surface area contributed by atoms with Crippen molar-refractivity contribution in [1.82, 2.24) is 9.97 Å². The van der Waals surface area contributed by atoms with Gasteiger partial charge in [-0.1, -0.05) is 0 Å². The average Bonchev–Trinajstić information content (AvgIpc) is 2.32. The molecule has 0 unspecified atom stereocenters. The molecular weight excluding hydrogens is 444 g/mol. The first-order chi connectivity index (χ1) is 8.95. The first-order valence-corrected chi connectivity index (χ1v) is 7.48. The number of hydrogen-bond donors (Lipinski definition) is 1. The largest absolute Gasteiger partial charge is 0.320 e. The summed E-state index contributed by atoms with van der Waals surface area (Å²) in [6.45, 7) is 1.76. The fourth-order valence-corrected chi connectivity index (χ4v) is 2.49. The van der Waals surface area contributed by atoms with Crippen molar-refractivity contribution in [3.8, 4) is 0 Å². The molecule has 0 aliphatic heterocycles. The summed E-state index contributed by atoms with van der Waals surface area (Å²) in [4.78, 5) is 19.9. The topological polar surface area (TPSA) is 54.9 Å². The van der Waals surface area contributed by atoms with Gasteiger partial charge in [0.15, 0.2) is 0 Å². The molecule has 0 aliphatic carbocycles. The minimum Gasteiger partial charge on any atom is -0.320 e. The van der Waals surface area contributed by atoms with E-state index in [2.05, 4.69) is 53.8 Å². The maximum absolute atomic E-state index is 12.1. The van der Waals surface area contributed by atoms with E-state index >= 15 is 0 Å². The number of nitrogens with one attached hydrogen (secondary N) is 1. The Morgan fingerprint density at radius 3 is 2.79 bits per heavy atom. The molecule has 4 nitrogen and oxygen atoms in total. The molecule has 7 heteroatoms. The lowest BCUT2D eigenvalue weighted by Gasteiger charge is -2.08. The number of carbonyl (C=O) groups is 1. The molecule has 19 heavy (non-hydrogen) atoms. The van der Waals surface area contributed by atoms with Gasteiger partial charge in [0.2, 0.25) is 5.28 Å². The molecule has 0 aliphatic rings. The molecule has 1 heterocycles. The number of aromatic nitrogens is 2. The lowest BCUT2D eigenvalue weighted by Crippen LogP contribution is -2.15. The number of carbonyl (C=O) groups excluding carboxylic acids is 1. The van der Waals surface area contributed by atoms with Crippen LogP contribution in [0.2, 0.25) is 5.28 Å². The quantitative estimate of drug-likeness (QED) is 0.553. The highest BCUT2D eigenvalue weighted by atomic mass is 127. The van der Waals surface area contributed by atoms with Gasteiger partial charge >= 0.3 is 0 Å². The lowest BCUT2D eigenvalue weighted by atomic mass is 10.3. The summed E-state index contributed by atoms with van der Waals surface area (Å²) < 4.78 is 1.83. The fourth-order valence-electron chi connectivity index (χ4n) is 1.43. The van der Waals surface area contributed by atoms with Crippen LogP contribution in [0.25, 0.3) is 0 Å². The summed E-state index contributed by atoms with van der Waals surface area (Å²) in [7, 11) is 0. The van der Waals surface area contributed by atoms with Gasteiger partial charge in [-0.2, -0.15) is 0 Å². The van der Waals surface area contributed by atoms with Gasteiger partial charge in [0.05, 0.1) is 5.69 Å². The number of halogens is 3. The van der Waals surface area contributed by atoms with Crippen molar-refractivity contribution >= 4 is 61.7 Å². The molecule has 0 atom stereocenters. The van der Waals surface area contributed by atoms with Crippen LogP contribution >= 0.6 is 50.1 Å². The fraction of sp³-hybridized carbons (Fsp3) is 0.0833. The Hall–Kier alpha value is -0.730. The Bertz CT molecular complexity index is 631. The van der Waals surface area contributed by atoms with Crippen LogP contribution in [0.5, 0.6) is 0 Å². The standard InChI is InChI=1S/C12H8BrClIN3O/c1-6-4-10(18-12(14)16-6)11(19)17-9-5-7(15)2-3-8(9)13/h2-5H,1H3,(H,17,19). The van der Waals surface area contributed by atoms with Gasteiger partial charge in [0.1, 0.15) is 5.69 Å². The summed E-state index contributed by atoms with van der Waals surface area (Å²) in [6.07, 6.45) is 0. The van der Waals surface area contributed by atoms with Crippen LogP contribution in [-0.4, -0.2) is 15.9 Å². The Labute approximate surface area is 137 Å². The van der Waals surface area contributed by atoms with Gasteiger partial charge in [0, 0.05) is 13.7 Å². The second-order valence-electron chi connectivity index (χ2n) is 3.74. The Balaban J connectivity index is 2.28. The van der Waals surface area contributed by atoms with Crippen LogP contribution in [0, 0.1) is 10.5 Å². The molecule has 0 radical (unpaired) electrons. The van der Waals surface area contributed by atoms with Crippen molar-refractivity contribution in [2.24, 2.45) is 0 Å². The van der Waals surface area contributed by atoms with Crippen molar-refractivity contribution in [3.05, 3.63) is 49.0 Å². The average molecular weight is 452 g/mol. The molecule has 0 spiro atoms. The second-order valence-corrected chi connectivity index (χ2v) is 6.18. The molecule has 2 aromatic rings. The zero-order chi connectivity index (χ0) is 14.0. The van der Waals surface area contributed by atoms with Gasteiger partial charge in [-0.15, -0.1) is 0 Å². The van der Waals surface area contributed by atoms with Crippen LogP contribution in [0.3, 0.4) is 0 Å². The second kappa shape index (κ2) is 6.15. The zero-order valence-corrected chi connectivity index (χ0v) is 14.2. The summed E-state index contributed by atoms with van der Waals surface area (Å²) in [6, 6.07) is 7.25. The molecule has 1 N–H and O–H groups in total. The molecule has 0 bridgehead atoms. The van der Waals surface area contributed by atoms with E-state index in [4.69, 9.17) is 11.6 Å². The number of amides is 1. The van der Waals surface area contributed by atoms with Crippen molar-refractivity contribution in [1.29, 1.82) is 0 Å². The summed E-state index contributed by atoms with van der Waals surface area (Å²) in [5, 5.41) is 2.84. The van der Waals surface area contributed by atoms with Crippen LogP contribution in [0.4, 0.5) is 5.69 Å². The highest BCUT2D eigenvalue weighted by Crippen LogP contribution is 2.24. The van der Waals surface area contributed by atoms with E-state index in [1.165, 1.54) is 0 Å². The number of nitrogens with zero attached hydrogens (tertiary/aromatic N) is 2. The third-order valence-electron chi connectivity index (χ3n) is 2.24. The predicted molar refractivity (Wildman–Crippen MR) is 86.6 cm³/mol. The number of aryl methyl sites for hydroxylation is 1. The molecule has 1 amide bonds. The number of benzene rings is 1. The van der Waals surface area contributed by atoms with E-state index in [-0.39, 0.29) is 16.9 Å². The molecule has 1 aromatic heterocycles. The molecule has 0 fully saturated rings. The summed E-state index contributed by atoms with van der Waals surface area (Å²) in [5.41, 5.74) is 1.57. The third-order valence-corrected chi connectivity index (χ3v) is 3.77. The molecule has 0 saturated heterocycles. The predicted octanol–water partition coefficient (Wildman–Crippen LogP) is 4.06. The van der Waals surface area contributed by atoms with E-state index in [1.807, 2.05) is 18.2 Å². The molecule has 2 rings (SSSR count). The number of hydrogen-bond acceptors (Lipinski definition) is 3. The van der Waals surface area contributed by atoms with Crippen molar-refractivity contribution in [3.63, 3.8) is 0 Å². The van der Waals surface area contributed by atoms with Crippen LogP contribution < -0.4 is 5.32 Å².